The van der Waals surface area contributed by atoms with E-state index in [2.05, 4.69) is 5.32 Å². The highest BCUT2D eigenvalue weighted by Crippen LogP contribution is 2.26. The van der Waals surface area contributed by atoms with E-state index in [4.69, 9.17) is 10.3 Å². The molecule has 0 aliphatic rings. The lowest BCUT2D eigenvalue weighted by Gasteiger charge is -2.07. The fraction of sp³-hybridized carbons (Fsp3) is 0.150. The maximum Gasteiger partial charge on any atom is 0.297 e. The molecule has 2 aromatic carbocycles. The third kappa shape index (κ3) is 5.01. The third-order valence-corrected chi connectivity index (χ3v) is 5.25. The smallest absolute Gasteiger partial charge is 0.297 e. The van der Waals surface area contributed by atoms with Crippen LogP contribution in [-0.4, -0.2) is 27.2 Å². The maximum absolute atomic E-state index is 12.7. The van der Waals surface area contributed by atoms with Crippen LogP contribution in [0.25, 0.3) is 5.69 Å². The summed E-state index contributed by atoms with van der Waals surface area (Å²) in [5.74, 6) is -0.605. The molecule has 11 heteroatoms. The minimum atomic E-state index is -0.694. The van der Waals surface area contributed by atoms with Gasteiger partial charge >= 0.3 is 0 Å². The average molecular weight is 442 g/mol. The summed E-state index contributed by atoms with van der Waals surface area (Å²) in [6, 6.07) is 12.4. The van der Waals surface area contributed by atoms with Crippen LogP contribution in [0.1, 0.15) is 21.7 Å². The zero-order valence-electron chi connectivity index (χ0n) is 16.4. The summed E-state index contributed by atoms with van der Waals surface area (Å²) in [7, 11) is 0. The summed E-state index contributed by atoms with van der Waals surface area (Å²) in [6.45, 7) is 1.55. The minimum Gasteiger partial charge on any atom is -0.376 e. The highest BCUT2D eigenvalue weighted by Gasteiger charge is 2.24. The molecule has 31 heavy (non-hydrogen) atoms. The van der Waals surface area contributed by atoms with Crippen molar-refractivity contribution in [3.05, 3.63) is 85.9 Å². The Morgan fingerprint density at radius 3 is 2.58 bits per heavy atom. The molecule has 0 fully saturated rings. The zero-order chi connectivity index (χ0) is 22.5. The monoisotopic (exact) mass is 442 g/mol. The molecule has 0 saturated carbocycles. The van der Waals surface area contributed by atoms with Gasteiger partial charge in [-0.15, -0.1) is 16.5 Å². The molecule has 10 nitrogen and oxygen atoms in total. The number of rotatable bonds is 8. The van der Waals surface area contributed by atoms with E-state index in [1.165, 1.54) is 12.1 Å². The topological polar surface area (TPSA) is 150 Å². The van der Waals surface area contributed by atoms with Crippen LogP contribution in [0.5, 0.6) is 0 Å². The fourth-order valence-corrected chi connectivity index (χ4v) is 3.62. The van der Waals surface area contributed by atoms with Gasteiger partial charge in [-0.2, -0.15) is 0 Å². The molecule has 3 rings (SSSR count). The van der Waals surface area contributed by atoms with E-state index in [-0.39, 0.29) is 34.1 Å². The van der Waals surface area contributed by atoms with Crippen LogP contribution in [0.2, 0.25) is 0 Å². The number of anilines is 1. The average Bonchev–Trinajstić information content (AvgIpc) is 3.02. The first-order valence-corrected chi connectivity index (χ1v) is 10.2. The van der Waals surface area contributed by atoms with E-state index < -0.39 is 28.0 Å². The van der Waals surface area contributed by atoms with Gasteiger partial charge < -0.3 is 15.6 Å². The molecule has 1 heterocycles. The summed E-state index contributed by atoms with van der Waals surface area (Å²) in [5.41, 5.74) is 4.79. The van der Waals surface area contributed by atoms with Gasteiger partial charge in [-0.1, -0.05) is 18.2 Å². The van der Waals surface area contributed by atoms with Crippen molar-refractivity contribution in [3.8, 4) is 5.69 Å². The van der Waals surface area contributed by atoms with E-state index in [0.717, 1.165) is 22.6 Å². The number of amides is 2. The fourth-order valence-electron chi connectivity index (χ4n) is 2.79. The van der Waals surface area contributed by atoms with E-state index in [0.29, 0.717) is 5.69 Å². The van der Waals surface area contributed by atoms with Crippen molar-refractivity contribution < 1.29 is 19.0 Å². The van der Waals surface area contributed by atoms with Gasteiger partial charge in [-0.25, -0.2) is 0 Å². The largest absolute Gasteiger partial charge is 0.376 e. The number of nitrogens with zero attached hydrogens (tertiary/aromatic N) is 2. The first-order chi connectivity index (χ1) is 14.8. The molecule has 1 aromatic heterocycles. The van der Waals surface area contributed by atoms with Crippen LogP contribution < -0.4 is 16.6 Å². The molecule has 3 aromatic rings. The first-order valence-electron chi connectivity index (χ1n) is 9.01. The number of nitro groups is 1. The predicted molar refractivity (Wildman–Crippen MR) is 115 cm³/mol. The van der Waals surface area contributed by atoms with Crippen LogP contribution >= 0.6 is 11.8 Å². The number of carbonyl (C=O) groups is 2. The molecule has 3 N–H and O–H groups in total. The molecule has 0 saturated heterocycles. The van der Waals surface area contributed by atoms with E-state index in [9.17, 15) is 24.5 Å². The van der Waals surface area contributed by atoms with E-state index >= 15 is 0 Å². The highest BCUT2D eigenvalue weighted by molar-refractivity contribution is 7.99. The highest BCUT2D eigenvalue weighted by atomic mass is 32.2. The van der Waals surface area contributed by atoms with Crippen LogP contribution in [0.4, 0.5) is 11.4 Å². The SMILES string of the molecule is Cc1on(-c2ccc(C(=O)Nc3ccccc3)cc2[N+](=O)[O-])c(=O)c1CSCC(N)=O. The van der Waals surface area contributed by atoms with Crippen molar-refractivity contribution in [2.45, 2.75) is 12.7 Å². The van der Waals surface area contributed by atoms with Gasteiger partial charge in [0.05, 0.1) is 16.2 Å². The lowest BCUT2D eigenvalue weighted by molar-refractivity contribution is -0.384. The Morgan fingerprint density at radius 2 is 1.94 bits per heavy atom. The Bertz CT molecular complexity index is 1200. The van der Waals surface area contributed by atoms with Gasteiger partial charge in [-0.3, -0.25) is 24.5 Å². The van der Waals surface area contributed by atoms with E-state index in [1.807, 2.05) is 0 Å². The molecule has 0 radical (unpaired) electrons. The molecular weight excluding hydrogens is 424 g/mol. The third-order valence-electron chi connectivity index (χ3n) is 4.27. The Hall–Kier alpha value is -3.86. The first kappa shape index (κ1) is 21.8. The standard InChI is InChI=1S/C20H18N4O6S/c1-12-15(10-31-11-18(21)25)20(27)23(30-12)16-8-7-13(9-17(16)24(28)29)19(26)22-14-5-3-2-4-6-14/h2-9H,10-11H2,1H3,(H2,21,25)(H,22,26). The van der Waals surface area contributed by atoms with Crippen LogP contribution in [-0.2, 0) is 10.5 Å². The lowest BCUT2D eigenvalue weighted by Crippen LogP contribution is -2.18. The Morgan fingerprint density at radius 1 is 1.23 bits per heavy atom. The number of aromatic nitrogens is 1. The number of carbonyl (C=O) groups excluding carboxylic acids is 2. The Kier molecular flexibility index (Phi) is 6.55. The molecule has 0 spiro atoms. The minimum absolute atomic E-state index is 0.0232. The predicted octanol–water partition coefficient (Wildman–Crippen LogP) is 2.62. The van der Waals surface area contributed by atoms with Gasteiger partial charge in [0.25, 0.3) is 17.2 Å². The van der Waals surface area contributed by atoms with Gasteiger partial charge in [0, 0.05) is 23.1 Å². The second-order valence-electron chi connectivity index (χ2n) is 6.47. The number of para-hydroxylation sites is 1. The number of nitro benzene ring substituents is 1. The van der Waals surface area contributed by atoms with E-state index in [1.54, 1.807) is 37.3 Å². The van der Waals surface area contributed by atoms with Gasteiger partial charge in [0.1, 0.15) is 5.76 Å². The number of aryl methyl sites for hydroxylation is 1. The van der Waals surface area contributed by atoms with Crippen molar-refractivity contribution in [1.29, 1.82) is 0 Å². The normalized spacial score (nSPS) is 10.6. The molecule has 0 bridgehead atoms. The number of benzene rings is 2. The summed E-state index contributed by atoms with van der Waals surface area (Å²) in [6.07, 6.45) is 0. The molecular formula is C20H18N4O6S. The molecule has 0 aliphatic carbocycles. The molecule has 2 amide bonds. The summed E-state index contributed by atoms with van der Waals surface area (Å²) >= 11 is 1.13. The van der Waals surface area contributed by atoms with Crippen molar-refractivity contribution in [3.63, 3.8) is 0 Å². The maximum atomic E-state index is 12.7. The summed E-state index contributed by atoms with van der Waals surface area (Å²) < 4.78 is 6.26. The number of thioether (sulfide) groups is 1. The summed E-state index contributed by atoms with van der Waals surface area (Å²) in [4.78, 5) is 47.0. The van der Waals surface area contributed by atoms with Crippen LogP contribution in [0.15, 0.2) is 57.8 Å². The van der Waals surface area contributed by atoms with Crippen molar-refractivity contribution in [2.75, 3.05) is 11.1 Å². The van der Waals surface area contributed by atoms with Gasteiger partial charge in [0.2, 0.25) is 5.91 Å². The van der Waals surface area contributed by atoms with Crippen molar-refractivity contribution >= 4 is 35.0 Å². The molecule has 160 valence electrons. The Labute approximate surface area is 180 Å². The number of hydrogen-bond donors (Lipinski definition) is 2. The second-order valence-corrected chi connectivity index (χ2v) is 7.45. The van der Waals surface area contributed by atoms with Gasteiger partial charge in [0.15, 0.2) is 5.69 Å². The van der Waals surface area contributed by atoms with Crippen LogP contribution in [0, 0.1) is 17.0 Å². The number of nitrogens with two attached hydrogens (primary N) is 1. The Balaban J connectivity index is 1.93. The van der Waals surface area contributed by atoms with Crippen molar-refractivity contribution in [2.24, 2.45) is 5.73 Å². The molecule has 0 aliphatic heterocycles. The molecule has 0 atom stereocenters. The lowest BCUT2D eigenvalue weighted by atomic mass is 10.1. The zero-order valence-corrected chi connectivity index (χ0v) is 17.2. The van der Waals surface area contributed by atoms with Crippen molar-refractivity contribution in [1.82, 2.24) is 4.74 Å². The quantitative estimate of drug-likeness (QED) is 0.402. The number of primary amides is 1. The van der Waals surface area contributed by atoms with Crippen LogP contribution in [0.3, 0.4) is 0 Å². The number of nitrogens with one attached hydrogen (secondary N) is 1. The second kappa shape index (κ2) is 9.30. The summed E-state index contributed by atoms with van der Waals surface area (Å²) in [5, 5.41) is 14.3. The van der Waals surface area contributed by atoms with Gasteiger partial charge in [-0.05, 0) is 31.2 Å². The molecule has 0 unspecified atom stereocenters. The number of hydrogen-bond acceptors (Lipinski definition) is 7.